The summed E-state index contributed by atoms with van der Waals surface area (Å²) in [5.41, 5.74) is 2.34. The van der Waals surface area contributed by atoms with Gasteiger partial charge in [0.15, 0.2) is 0 Å². The fourth-order valence-corrected chi connectivity index (χ4v) is 2.80. The van der Waals surface area contributed by atoms with Crippen LogP contribution in [0.25, 0.3) is 16.8 Å². The van der Waals surface area contributed by atoms with Crippen molar-refractivity contribution in [3.63, 3.8) is 0 Å². The zero-order valence-electron chi connectivity index (χ0n) is 12.9. The minimum Gasteiger partial charge on any atom is -0.307 e. The molecule has 1 amide bonds. The predicted molar refractivity (Wildman–Crippen MR) is 92.6 cm³/mol. The number of aromatic nitrogens is 3. The normalized spacial score (nSPS) is 11.0. The average molecular weight is 318 g/mol. The van der Waals surface area contributed by atoms with E-state index in [9.17, 15) is 9.59 Å². The van der Waals surface area contributed by atoms with Gasteiger partial charge in [-0.2, -0.15) is 0 Å². The predicted octanol–water partition coefficient (Wildman–Crippen LogP) is 3.04. The Morgan fingerprint density at radius 2 is 1.75 bits per heavy atom. The second kappa shape index (κ2) is 5.34. The molecule has 2 aromatic heterocycles. The van der Waals surface area contributed by atoms with Crippen LogP contribution in [0.4, 0.5) is 10.5 Å². The van der Waals surface area contributed by atoms with Gasteiger partial charge in [0.05, 0.1) is 11.0 Å². The SMILES string of the molecule is Cc1cc(=O)n2c3ccccc3nc2n1C(=O)Nc1ccccc1. The van der Waals surface area contributed by atoms with Crippen LogP contribution in [0.15, 0.2) is 65.5 Å². The van der Waals surface area contributed by atoms with Gasteiger partial charge in [-0.3, -0.25) is 4.79 Å². The highest BCUT2D eigenvalue weighted by molar-refractivity contribution is 5.94. The lowest BCUT2D eigenvalue weighted by Gasteiger charge is -2.12. The first-order valence-corrected chi connectivity index (χ1v) is 7.51. The first kappa shape index (κ1) is 14.2. The fraction of sp³-hybridized carbons (Fsp3) is 0.0556. The van der Waals surface area contributed by atoms with E-state index in [1.165, 1.54) is 15.0 Å². The lowest BCUT2D eigenvalue weighted by atomic mass is 10.3. The van der Waals surface area contributed by atoms with E-state index in [-0.39, 0.29) is 11.6 Å². The quantitative estimate of drug-likeness (QED) is 0.586. The van der Waals surface area contributed by atoms with E-state index in [2.05, 4.69) is 10.3 Å². The van der Waals surface area contributed by atoms with Gasteiger partial charge in [-0.05, 0) is 31.2 Å². The molecule has 0 bridgehead atoms. The number of imidazole rings is 1. The summed E-state index contributed by atoms with van der Waals surface area (Å²) < 4.78 is 2.86. The number of carbonyl (C=O) groups is 1. The van der Waals surface area contributed by atoms with Crippen molar-refractivity contribution in [2.45, 2.75) is 6.92 Å². The van der Waals surface area contributed by atoms with E-state index < -0.39 is 0 Å². The van der Waals surface area contributed by atoms with Gasteiger partial charge >= 0.3 is 6.03 Å². The number of aryl methyl sites for hydroxylation is 1. The summed E-state index contributed by atoms with van der Waals surface area (Å²) in [6.07, 6.45) is 0. The molecule has 2 heterocycles. The first-order chi connectivity index (χ1) is 11.6. The molecule has 0 saturated heterocycles. The number of hydrogen-bond acceptors (Lipinski definition) is 3. The van der Waals surface area contributed by atoms with E-state index in [1.54, 1.807) is 19.1 Å². The number of benzene rings is 2. The number of fused-ring (bicyclic) bond motifs is 3. The maximum Gasteiger partial charge on any atom is 0.333 e. The van der Waals surface area contributed by atoms with Crippen LogP contribution < -0.4 is 10.9 Å². The minimum absolute atomic E-state index is 0.208. The minimum atomic E-state index is -0.362. The third kappa shape index (κ3) is 2.16. The van der Waals surface area contributed by atoms with Gasteiger partial charge in [0.1, 0.15) is 0 Å². The molecular weight excluding hydrogens is 304 g/mol. The zero-order chi connectivity index (χ0) is 16.7. The van der Waals surface area contributed by atoms with E-state index >= 15 is 0 Å². The molecular formula is C18H14N4O2. The van der Waals surface area contributed by atoms with Crippen molar-refractivity contribution in [3.05, 3.63) is 76.7 Å². The van der Waals surface area contributed by atoms with Crippen LogP contribution in [-0.2, 0) is 0 Å². The lowest BCUT2D eigenvalue weighted by molar-refractivity contribution is 0.253. The van der Waals surface area contributed by atoms with Gasteiger partial charge in [0, 0.05) is 17.4 Å². The maximum absolute atomic E-state index is 12.7. The highest BCUT2D eigenvalue weighted by Crippen LogP contribution is 2.16. The molecule has 2 aromatic carbocycles. The second-order valence-corrected chi connectivity index (χ2v) is 5.49. The van der Waals surface area contributed by atoms with Crippen LogP contribution in [-0.4, -0.2) is 20.0 Å². The monoisotopic (exact) mass is 318 g/mol. The van der Waals surface area contributed by atoms with Crippen LogP contribution in [0.2, 0.25) is 0 Å². The Hall–Kier alpha value is -3.41. The van der Waals surface area contributed by atoms with E-state index in [4.69, 9.17) is 0 Å². The van der Waals surface area contributed by atoms with E-state index in [1.807, 2.05) is 42.5 Å². The summed E-state index contributed by atoms with van der Waals surface area (Å²) in [4.78, 5) is 29.6. The highest BCUT2D eigenvalue weighted by atomic mass is 16.2. The lowest BCUT2D eigenvalue weighted by Crippen LogP contribution is -2.27. The van der Waals surface area contributed by atoms with Crippen molar-refractivity contribution >= 4 is 28.5 Å². The summed E-state index contributed by atoms with van der Waals surface area (Å²) in [5, 5.41) is 2.82. The summed E-state index contributed by atoms with van der Waals surface area (Å²) in [5.74, 6) is 0.301. The maximum atomic E-state index is 12.7. The van der Waals surface area contributed by atoms with Gasteiger partial charge in [-0.15, -0.1) is 0 Å². The summed E-state index contributed by atoms with van der Waals surface area (Å²) >= 11 is 0. The van der Waals surface area contributed by atoms with Crippen molar-refractivity contribution in [3.8, 4) is 0 Å². The first-order valence-electron chi connectivity index (χ1n) is 7.51. The molecule has 0 aliphatic rings. The average Bonchev–Trinajstić information content (AvgIpc) is 2.95. The Morgan fingerprint density at radius 1 is 1.04 bits per heavy atom. The van der Waals surface area contributed by atoms with E-state index in [0.717, 1.165) is 0 Å². The van der Waals surface area contributed by atoms with Gasteiger partial charge < -0.3 is 5.32 Å². The van der Waals surface area contributed by atoms with Crippen LogP contribution in [0.3, 0.4) is 0 Å². The van der Waals surface area contributed by atoms with Crippen LogP contribution >= 0.6 is 0 Å². The molecule has 0 spiro atoms. The molecule has 4 aromatic rings. The molecule has 24 heavy (non-hydrogen) atoms. The van der Waals surface area contributed by atoms with Crippen molar-refractivity contribution in [1.82, 2.24) is 14.0 Å². The van der Waals surface area contributed by atoms with Crippen LogP contribution in [0.5, 0.6) is 0 Å². The number of amides is 1. The number of nitrogens with zero attached hydrogens (tertiary/aromatic N) is 3. The Labute approximate surface area is 137 Å². The molecule has 0 radical (unpaired) electrons. The molecule has 0 fully saturated rings. The summed E-state index contributed by atoms with van der Waals surface area (Å²) in [7, 11) is 0. The zero-order valence-corrected chi connectivity index (χ0v) is 12.9. The Morgan fingerprint density at radius 3 is 2.54 bits per heavy atom. The third-order valence-electron chi connectivity index (χ3n) is 3.88. The molecule has 0 saturated carbocycles. The topological polar surface area (TPSA) is 68.4 Å². The number of anilines is 1. The number of para-hydroxylation sites is 3. The number of nitrogens with one attached hydrogen (secondary N) is 1. The largest absolute Gasteiger partial charge is 0.333 e. The third-order valence-corrected chi connectivity index (χ3v) is 3.88. The van der Waals surface area contributed by atoms with Gasteiger partial charge in [0.2, 0.25) is 5.78 Å². The molecule has 0 atom stereocenters. The standard InChI is InChI=1S/C18H14N4O2/c1-12-11-16(23)22-15-10-6-5-9-14(15)20-17(22)21(12)18(24)19-13-7-3-2-4-8-13/h2-11H,1H3,(H,19,24). The number of hydrogen-bond donors (Lipinski definition) is 1. The van der Waals surface area contributed by atoms with Crippen LogP contribution in [0.1, 0.15) is 5.69 Å². The van der Waals surface area contributed by atoms with Gasteiger partial charge in [0.25, 0.3) is 5.56 Å². The molecule has 0 unspecified atom stereocenters. The molecule has 6 heteroatoms. The summed E-state index contributed by atoms with van der Waals surface area (Å²) in [6.45, 7) is 1.71. The Balaban J connectivity index is 1.95. The van der Waals surface area contributed by atoms with Gasteiger partial charge in [-0.25, -0.2) is 18.7 Å². The molecule has 0 aliphatic heterocycles. The van der Waals surface area contributed by atoms with E-state index in [0.29, 0.717) is 28.2 Å². The van der Waals surface area contributed by atoms with Crippen molar-refractivity contribution < 1.29 is 4.79 Å². The summed E-state index contributed by atoms with van der Waals surface area (Å²) in [6, 6.07) is 17.5. The highest BCUT2D eigenvalue weighted by Gasteiger charge is 2.17. The molecule has 0 aliphatic carbocycles. The molecule has 118 valence electrons. The number of carbonyl (C=O) groups excluding carboxylic acids is 1. The van der Waals surface area contributed by atoms with Gasteiger partial charge in [-0.1, -0.05) is 30.3 Å². The second-order valence-electron chi connectivity index (χ2n) is 5.49. The Bertz CT molecular complexity index is 1130. The fourth-order valence-electron chi connectivity index (χ4n) is 2.80. The molecule has 1 N–H and O–H groups in total. The van der Waals surface area contributed by atoms with Crippen LogP contribution in [0, 0.1) is 6.92 Å². The number of rotatable bonds is 1. The molecule has 6 nitrogen and oxygen atoms in total. The van der Waals surface area contributed by atoms with Crippen molar-refractivity contribution in [2.75, 3.05) is 5.32 Å². The Kier molecular flexibility index (Phi) is 3.16. The smallest absolute Gasteiger partial charge is 0.307 e. The van der Waals surface area contributed by atoms with Crippen molar-refractivity contribution in [2.24, 2.45) is 0 Å². The molecule has 4 rings (SSSR count). The van der Waals surface area contributed by atoms with Crippen molar-refractivity contribution in [1.29, 1.82) is 0 Å².